The van der Waals surface area contributed by atoms with Gasteiger partial charge in [-0.05, 0) is 19.9 Å². The van der Waals surface area contributed by atoms with Crippen LogP contribution in [-0.4, -0.2) is 14.5 Å². The van der Waals surface area contributed by atoms with Crippen molar-refractivity contribution in [3.63, 3.8) is 0 Å². The van der Waals surface area contributed by atoms with E-state index in [2.05, 4.69) is 28.4 Å². The molecule has 0 aliphatic carbocycles. The highest BCUT2D eigenvalue weighted by atomic mass is 15.1. The zero-order valence-electron chi connectivity index (χ0n) is 8.44. The van der Waals surface area contributed by atoms with Gasteiger partial charge in [-0.25, -0.2) is 4.98 Å². The summed E-state index contributed by atoms with van der Waals surface area (Å²) in [5.74, 6) is 0.919. The van der Waals surface area contributed by atoms with Gasteiger partial charge in [0.1, 0.15) is 5.82 Å². The maximum Gasteiger partial charge on any atom is 0.123 e. The number of aromatic nitrogens is 3. The summed E-state index contributed by atoms with van der Waals surface area (Å²) < 4.78 is 2.13. The zero-order valence-corrected chi connectivity index (χ0v) is 8.44. The maximum absolute atomic E-state index is 5.65. The molecular weight excluding hydrogens is 176 g/mol. The van der Waals surface area contributed by atoms with Gasteiger partial charge in [0.05, 0.1) is 23.8 Å². The van der Waals surface area contributed by atoms with Crippen molar-refractivity contribution in [2.45, 2.75) is 26.4 Å². The maximum atomic E-state index is 5.65. The van der Waals surface area contributed by atoms with Crippen molar-refractivity contribution >= 4 is 11.0 Å². The molecule has 74 valence electrons. The van der Waals surface area contributed by atoms with Crippen molar-refractivity contribution < 1.29 is 0 Å². The van der Waals surface area contributed by atoms with Crippen LogP contribution in [0.15, 0.2) is 18.5 Å². The average Bonchev–Trinajstić information content (AvgIpc) is 2.55. The molecule has 14 heavy (non-hydrogen) atoms. The number of hydrogen-bond acceptors (Lipinski definition) is 3. The predicted octanol–water partition coefficient (Wildman–Crippen LogP) is 1.47. The highest BCUT2D eigenvalue weighted by Gasteiger charge is 2.11. The van der Waals surface area contributed by atoms with Gasteiger partial charge in [-0.15, -0.1) is 0 Å². The van der Waals surface area contributed by atoms with E-state index in [-0.39, 0.29) is 0 Å². The van der Waals surface area contributed by atoms with Gasteiger partial charge < -0.3 is 10.3 Å². The van der Waals surface area contributed by atoms with E-state index in [4.69, 9.17) is 5.73 Å². The Hall–Kier alpha value is -1.42. The van der Waals surface area contributed by atoms with E-state index in [9.17, 15) is 0 Å². The molecule has 0 saturated carbocycles. The molecule has 4 nitrogen and oxygen atoms in total. The van der Waals surface area contributed by atoms with Crippen LogP contribution in [0.3, 0.4) is 0 Å². The molecule has 4 heteroatoms. The van der Waals surface area contributed by atoms with E-state index >= 15 is 0 Å². The summed E-state index contributed by atoms with van der Waals surface area (Å²) in [6.45, 7) is 4.70. The molecule has 2 heterocycles. The van der Waals surface area contributed by atoms with Crippen LogP contribution in [0.25, 0.3) is 11.0 Å². The number of nitrogens with two attached hydrogens (primary N) is 1. The molecule has 0 saturated heterocycles. The fourth-order valence-electron chi connectivity index (χ4n) is 1.71. The van der Waals surface area contributed by atoms with Gasteiger partial charge in [0.25, 0.3) is 0 Å². The van der Waals surface area contributed by atoms with Crippen LogP contribution in [-0.2, 0) is 6.54 Å². The molecule has 0 unspecified atom stereocenters. The van der Waals surface area contributed by atoms with Gasteiger partial charge in [-0.3, -0.25) is 4.98 Å². The first-order chi connectivity index (χ1) is 6.74. The molecule has 2 aromatic rings. The summed E-state index contributed by atoms with van der Waals surface area (Å²) >= 11 is 0. The standard InChI is InChI=1S/C10H14N4/c1-7(2)14-9-6-12-4-3-8(9)13-10(14)5-11/h3-4,6-7H,5,11H2,1-2H3. The second-order valence-corrected chi connectivity index (χ2v) is 3.56. The largest absolute Gasteiger partial charge is 0.324 e. The predicted molar refractivity (Wildman–Crippen MR) is 55.8 cm³/mol. The third-order valence-electron chi connectivity index (χ3n) is 2.26. The molecule has 0 aliphatic rings. The summed E-state index contributed by atoms with van der Waals surface area (Å²) in [7, 11) is 0. The van der Waals surface area contributed by atoms with E-state index in [0.717, 1.165) is 16.9 Å². The Kier molecular flexibility index (Phi) is 2.21. The number of fused-ring (bicyclic) bond motifs is 1. The van der Waals surface area contributed by atoms with Crippen molar-refractivity contribution in [1.29, 1.82) is 0 Å². The van der Waals surface area contributed by atoms with Crippen LogP contribution in [0.2, 0.25) is 0 Å². The summed E-state index contributed by atoms with van der Waals surface area (Å²) in [5, 5.41) is 0. The lowest BCUT2D eigenvalue weighted by molar-refractivity contribution is 0.585. The highest BCUT2D eigenvalue weighted by Crippen LogP contribution is 2.19. The minimum atomic E-state index is 0.364. The number of rotatable bonds is 2. The normalized spacial score (nSPS) is 11.4. The molecule has 2 aromatic heterocycles. The second-order valence-electron chi connectivity index (χ2n) is 3.56. The van der Waals surface area contributed by atoms with Gasteiger partial charge in [0.2, 0.25) is 0 Å². The van der Waals surface area contributed by atoms with Gasteiger partial charge in [-0.2, -0.15) is 0 Å². The lowest BCUT2D eigenvalue weighted by Gasteiger charge is -2.11. The molecule has 0 amide bonds. The van der Waals surface area contributed by atoms with Crippen LogP contribution < -0.4 is 5.73 Å². The van der Waals surface area contributed by atoms with E-state index in [1.54, 1.807) is 6.20 Å². The quantitative estimate of drug-likeness (QED) is 0.780. The smallest absolute Gasteiger partial charge is 0.123 e. The zero-order chi connectivity index (χ0) is 10.1. The summed E-state index contributed by atoms with van der Waals surface area (Å²) in [4.78, 5) is 8.55. The molecule has 0 radical (unpaired) electrons. The van der Waals surface area contributed by atoms with Gasteiger partial charge in [0, 0.05) is 12.2 Å². The van der Waals surface area contributed by atoms with Crippen LogP contribution in [0.4, 0.5) is 0 Å². The third kappa shape index (κ3) is 1.28. The van der Waals surface area contributed by atoms with Crippen molar-refractivity contribution in [3.05, 3.63) is 24.3 Å². The van der Waals surface area contributed by atoms with Crippen LogP contribution in [0.1, 0.15) is 25.7 Å². The first-order valence-electron chi connectivity index (χ1n) is 4.75. The van der Waals surface area contributed by atoms with Crippen molar-refractivity contribution in [2.75, 3.05) is 0 Å². The average molecular weight is 190 g/mol. The fraction of sp³-hybridized carbons (Fsp3) is 0.400. The Balaban J connectivity index is 2.74. The van der Waals surface area contributed by atoms with Gasteiger partial charge >= 0.3 is 0 Å². The summed E-state index contributed by atoms with van der Waals surface area (Å²) in [6.07, 6.45) is 3.59. The number of nitrogens with zero attached hydrogens (tertiary/aromatic N) is 3. The molecule has 2 rings (SSSR count). The third-order valence-corrected chi connectivity index (χ3v) is 2.26. The topological polar surface area (TPSA) is 56.7 Å². The lowest BCUT2D eigenvalue weighted by Crippen LogP contribution is -2.10. The number of pyridine rings is 1. The molecular formula is C10H14N4. The lowest BCUT2D eigenvalue weighted by atomic mass is 10.3. The molecule has 0 aromatic carbocycles. The first kappa shape index (κ1) is 9.15. The second kappa shape index (κ2) is 3.38. The summed E-state index contributed by atoms with van der Waals surface area (Å²) in [5.41, 5.74) is 7.67. The Morgan fingerprint density at radius 1 is 1.50 bits per heavy atom. The molecule has 0 bridgehead atoms. The van der Waals surface area contributed by atoms with Crippen LogP contribution in [0.5, 0.6) is 0 Å². The Morgan fingerprint density at radius 2 is 2.29 bits per heavy atom. The molecule has 0 atom stereocenters. The summed E-state index contributed by atoms with van der Waals surface area (Å²) in [6, 6.07) is 2.27. The Morgan fingerprint density at radius 3 is 2.93 bits per heavy atom. The van der Waals surface area contributed by atoms with Gasteiger partial charge in [-0.1, -0.05) is 0 Å². The van der Waals surface area contributed by atoms with Gasteiger partial charge in [0.15, 0.2) is 0 Å². The minimum Gasteiger partial charge on any atom is -0.324 e. The first-order valence-corrected chi connectivity index (χ1v) is 4.75. The van der Waals surface area contributed by atoms with E-state index in [1.165, 1.54) is 0 Å². The number of hydrogen-bond donors (Lipinski definition) is 1. The molecule has 0 spiro atoms. The van der Waals surface area contributed by atoms with E-state index in [1.807, 2.05) is 12.3 Å². The SMILES string of the molecule is CC(C)n1c(CN)nc2ccncc21. The molecule has 2 N–H and O–H groups in total. The highest BCUT2D eigenvalue weighted by molar-refractivity contribution is 5.74. The van der Waals surface area contributed by atoms with Crippen molar-refractivity contribution in [1.82, 2.24) is 14.5 Å². The minimum absolute atomic E-state index is 0.364. The Bertz CT molecular complexity index is 444. The molecule has 0 aliphatic heterocycles. The number of imidazole rings is 1. The van der Waals surface area contributed by atoms with E-state index in [0.29, 0.717) is 12.6 Å². The monoisotopic (exact) mass is 190 g/mol. The van der Waals surface area contributed by atoms with Crippen LogP contribution >= 0.6 is 0 Å². The van der Waals surface area contributed by atoms with Crippen LogP contribution in [0, 0.1) is 0 Å². The van der Waals surface area contributed by atoms with E-state index < -0.39 is 0 Å². The Labute approximate surface area is 82.8 Å². The molecule has 0 fully saturated rings. The van der Waals surface area contributed by atoms with Crippen molar-refractivity contribution in [3.8, 4) is 0 Å². The van der Waals surface area contributed by atoms with Crippen molar-refractivity contribution in [2.24, 2.45) is 5.73 Å². The fourth-order valence-corrected chi connectivity index (χ4v) is 1.71.